The maximum atomic E-state index is 12.8. The number of carboxylic acid groups (broad SMARTS) is 3. The molecule has 0 aromatic carbocycles. The van der Waals surface area contributed by atoms with E-state index in [1.165, 1.54) is 14.1 Å². The molecule has 24 nitrogen and oxygen atoms in total. The zero-order valence-corrected chi connectivity index (χ0v) is 30.5. The molecular weight excluding hydrogens is 750 g/mol. The standard InChI is InChI=1S/C31H55N3O21/c1-29(26(44)45)5-12(39)18(33-2)24(53-29)22(43)16(10-37)52-30(27(46)47)6-11(38)17(32)23(54-30)21(42)15(9-36)51-31(28(48)49)7-13(40)19(34-3)25(55-31)20(41)14(8-35)50-4/h11-25,33-43H,5-10,32H2,1-4H3,(H,44,45)(H,46,47)(H,48,49)/t11?,12?,13?,14-,15-,16-,17?,18?,19?,20-,21-,22-,23?,24?,25?,29?,30?,31?/m1/s1. The minimum Gasteiger partial charge on any atom is -0.479 e. The quantitative estimate of drug-likeness (QED) is 0.0576. The van der Waals surface area contributed by atoms with Gasteiger partial charge in [-0.2, -0.15) is 0 Å². The number of carboxylic acids is 3. The van der Waals surface area contributed by atoms with Crippen molar-refractivity contribution in [2.24, 2.45) is 5.73 Å². The molecule has 12 unspecified atom stereocenters. The van der Waals surface area contributed by atoms with E-state index < -0.39 is 166 Å². The van der Waals surface area contributed by atoms with E-state index in [4.69, 9.17) is 34.2 Å². The van der Waals surface area contributed by atoms with Gasteiger partial charge in [0, 0.05) is 26.4 Å². The molecule has 18 atom stereocenters. The van der Waals surface area contributed by atoms with Gasteiger partial charge in [-0.3, -0.25) is 0 Å². The molecule has 0 aromatic rings. The van der Waals surface area contributed by atoms with Crippen molar-refractivity contribution in [1.82, 2.24) is 10.6 Å². The van der Waals surface area contributed by atoms with Crippen molar-refractivity contribution in [3.05, 3.63) is 0 Å². The predicted molar refractivity (Wildman–Crippen MR) is 177 cm³/mol. The summed E-state index contributed by atoms with van der Waals surface area (Å²) in [6, 6.07) is -4.07. The van der Waals surface area contributed by atoms with Gasteiger partial charge in [-0.25, -0.2) is 14.4 Å². The van der Waals surface area contributed by atoms with Crippen LogP contribution < -0.4 is 16.4 Å². The molecule has 3 saturated heterocycles. The molecule has 0 aromatic heterocycles. The molecular formula is C31H55N3O21. The highest BCUT2D eigenvalue weighted by molar-refractivity contribution is 5.77. The van der Waals surface area contributed by atoms with E-state index in [1.807, 2.05) is 0 Å². The van der Waals surface area contributed by atoms with Gasteiger partial charge in [0.05, 0.1) is 56.3 Å². The average molecular weight is 806 g/mol. The maximum Gasteiger partial charge on any atom is 0.364 e. The second-order valence-electron chi connectivity index (χ2n) is 14.0. The third kappa shape index (κ3) is 9.54. The smallest absolute Gasteiger partial charge is 0.364 e. The van der Waals surface area contributed by atoms with Gasteiger partial charge in [-0.05, 0) is 21.0 Å². The number of nitrogens with one attached hydrogen (secondary N) is 2. The fourth-order valence-corrected chi connectivity index (χ4v) is 7.22. The van der Waals surface area contributed by atoms with Crippen LogP contribution in [0.25, 0.3) is 0 Å². The Morgan fingerprint density at radius 2 is 1.05 bits per heavy atom. The van der Waals surface area contributed by atoms with E-state index in [2.05, 4.69) is 10.6 Å². The average Bonchev–Trinajstić information content (AvgIpc) is 3.13. The summed E-state index contributed by atoms with van der Waals surface area (Å²) in [6.07, 6.45) is -24.5. The first-order valence-corrected chi connectivity index (χ1v) is 17.3. The third-order valence-electron chi connectivity index (χ3n) is 10.4. The summed E-state index contributed by atoms with van der Waals surface area (Å²) in [4.78, 5) is 37.5. The zero-order chi connectivity index (χ0) is 41.8. The molecule has 3 heterocycles. The number of aliphatic hydroxyl groups is 9. The van der Waals surface area contributed by atoms with Gasteiger partial charge in [-0.15, -0.1) is 0 Å². The van der Waals surface area contributed by atoms with Crippen molar-refractivity contribution in [1.29, 1.82) is 0 Å². The number of hydrogen-bond donors (Lipinski definition) is 15. The number of aliphatic hydroxyl groups excluding tert-OH is 9. The number of methoxy groups -OCH3 is 1. The van der Waals surface area contributed by atoms with Gasteiger partial charge in [0.1, 0.15) is 54.9 Å². The summed E-state index contributed by atoms with van der Waals surface area (Å²) in [5.41, 5.74) is 4.05. The van der Waals surface area contributed by atoms with Crippen LogP contribution in [0.3, 0.4) is 0 Å². The van der Waals surface area contributed by atoms with E-state index in [1.54, 1.807) is 0 Å². The fourth-order valence-electron chi connectivity index (χ4n) is 7.22. The SMILES string of the molecule is CNC1C(O)CC(O[C@H](CO)[C@@H](O)C2OC(O[C@H](CO)[C@@H](O)C3OC(C)(C(=O)O)CC(O)C3NC)(C(=O)O)CC(O)C2N)(C(=O)O)OC1[C@H](O)[C@@H](CO)OC. The molecule has 3 rings (SSSR count). The van der Waals surface area contributed by atoms with Crippen molar-refractivity contribution < 1.29 is 104 Å². The van der Waals surface area contributed by atoms with Crippen LogP contribution in [0.1, 0.15) is 26.2 Å². The summed E-state index contributed by atoms with van der Waals surface area (Å²) >= 11 is 0. The molecule has 0 radical (unpaired) electrons. The van der Waals surface area contributed by atoms with Gasteiger partial charge < -0.3 is 106 Å². The molecule has 3 fully saturated rings. The van der Waals surface area contributed by atoms with Crippen LogP contribution in [-0.2, 0) is 42.8 Å². The van der Waals surface area contributed by atoms with Crippen molar-refractivity contribution >= 4 is 17.9 Å². The van der Waals surface area contributed by atoms with Crippen LogP contribution in [0, 0.1) is 0 Å². The highest BCUT2D eigenvalue weighted by atomic mass is 16.8. The van der Waals surface area contributed by atoms with Crippen molar-refractivity contribution in [2.75, 3.05) is 41.0 Å². The number of nitrogens with two attached hydrogens (primary N) is 1. The van der Waals surface area contributed by atoms with E-state index >= 15 is 0 Å². The first-order valence-electron chi connectivity index (χ1n) is 17.3. The number of ether oxygens (including phenoxy) is 6. The Balaban J connectivity index is 1.97. The normalized spacial score (nSPS) is 40.4. The van der Waals surface area contributed by atoms with Crippen LogP contribution in [0.4, 0.5) is 0 Å². The van der Waals surface area contributed by atoms with Gasteiger partial charge in [0.25, 0.3) is 11.6 Å². The third-order valence-corrected chi connectivity index (χ3v) is 10.4. The largest absolute Gasteiger partial charge is 0.479 e. The molecule has 0 spiro atoms. The Morgan fingerprint density at radius 3 is 1.45 bits per heavy atom. The summed E-state index contributed by atoms with van der Waals surface area (Å²) in [7, 11) is 3.83. The maximum absolute atomic E-state index is 12.8. The number of rotatable bonds is 19. The summed E-state index contributed by atoms with van der Waals surface area (Å²) in [6.45, 7) is -2.09. The molecule has 55 heavy (non-hydrogen) atoms. The molecule has 3 aliphatic rings. The summed E-state index contributed by atoms with van der Waals surface area (Å²) in [5.74, 6) is -11.5. The number of aliphatic carboxylic acids is 3. The van der Waals surface area contributed by atoms with E-state index in [0.717, 1.165) is 14.0 Å². The topological polar surface area (TPSA) is 399 Å². The molecule has 0 saturated carbocycles. The minimum atomic E-state index is -3.08. The van der Waals surface area contributed by atoms with Crippen LogP contribution >= 0.6 is 0 Å². The lowest BCUT2D eigenvalue weighted by atomic mass is 9.84. The molecule has 320 valence electrons. The number of carbonyl (C=O) groups is 3. The lowest BCUT2D eigenvalue weighted by molar-refractivity contribution is -0.353. The Bertz CT molecular complexity index is 1300. The summed E-state index contributed by atoms with van der Waals surface area (Å²) in [5, 5.41) is 132. The second kappa shape index (κ2) is 19.0. The molecule has 3 aliphatic heterocycles. The highest BCUT2D eigenvalue weighted by Gasteiger charge is 2.60. The van der Waals surface area contributed by atoms with Gasteiger partial charge in [0.2, 0.25) is 0 Å². The monoisotopic (exact) mass is 805 g/mol. The van der Waals surface area contributed by atoms with Gasteiger partial charge >= 0.3 is 17.9 Å². The van der Waals surface area contributed by atoms with Crippen molar-refractivity contribution in [2.45, 2.75) is 135 Å². The summed E-state index contributed by atoms with van der Waals surface area (Å²) < 4.78 is 33.2. The second-order valence-corrected chi connectivity index (χ2v) is 14.0. The van der Waals surface area contributed by atoms with Gasteiger partial charge in [-0.1, -0.05) is 0 Å². The molecule has 16 N–H and O–H groups in total. The van der Waals surface area contributed by atoms with Crippen molar-refractivity contribution in [3.8, 4) is 0 Å². The number of likely N-dealkylation sites (N-methyl/N-ethyl adjacent to an activating group) is 2. The highest BCUT2D eigenvalue weighted by Crippen LogP contribution is 2.39. The molecule has 24 heteroatoms. The fraction of sp³-hybridized carbons (Fsp3) is 0.903. The first-order chi connectivity index (χ1) is 25.7. The van der Waals surface area contributed by atoms with E-state index in [0.29, 0.717) is 0 Å². The molecule has 0 amide bonds. The van der Waals surface area contributed by atoms with E-state index in [9.17, 15) is 75.7 Å². The Labute approximate surface area is 314 Å². The Kier molecular flexibility index (Phi) is 16.2. The molecule has 0 bridgehead atoms. The lowest BCUT2D eigenvalue weighted by Gasteiger charge is -2.50. The van der Waals surface area contributed by atoms with E-state index in [-0.39, 0.29) is 0 Å². The van der Waals surface area contributed by atoms with Crippen molar-refractivity contribution in [3.63, 3.8) is 0 Å². The minimum absolute atomic E-state index is 0.428. The van der Waals surface area contributed by atoms with Crippen LogP contribution in [0.2, 0.25) is 0 Å². The van der Waals surface area contributed by atoms with Crippen LogP contribution in [0.5, 0.6) is 0 Å². The lowest BCUT2D eigenvalue weighted by Crippen LogP contribution is -2.70. The Morgan fingerprint density at radius 1 is 0.673 bits per heavy atom. The van der Waals surface area contributed by atoms with Crippen LogP contribution in [0.15, 0.2) is 0 Å². The molecule has 0 aliphatic carbocycles. The Hall–Kier alpha value is -2.31. The van der Waals surface area contributed by atoms with Gasteiger partial charge in [0.15, 0.2) is 5.60 Å². The zero-order valence-electron chi connectivity index (χ0n) is 30.5. The van der Waals surface area contributed by atoms with Crippen LogP contribution in [-0.4, -0.2) is 229 Å². The first kappa shape index (κ1) is 47.1. The number of hydrogen-bond acceptors (Lipinski definition) is 21. The predicted octanol–water partition coefficient (Wildman–Crippen LogP) is -7.81.